The van der Waals surface area contributed by atoms with Crippen molar-refractivity contribution in [2.24, 2.45) is 0 Å². The van der Waals surface area contributed by atoms with Gasteiger partial charge in [-0.05, 0) is 154 Å². The van der Waals surface area contributed by atoms with Crippen molar-refractivity contribution in [1.82, 2.24) is 31.3 Å². The van der Waals surface area contributed by atoms with E-state index >= 15 is 0 Å². The number of aryl methyl sites for hydroxylation is 1. The van der Waals surface area contributed by atoms with E-state index in [2.05, 4.69) is 16.3 Å². The Bertz CT molecular complexity index is 3050. The van der Waals surface area contributed by atoms with E-state index in [-0.39, 0.29) is 45.1 Å². The molecule has 0 saturated carbocycles. The van der Waals surface area contributed by atoms with Gasteiger partial charge in [-0.2, -0.15) is 13.2 Å². The van der Waals surface area contributed by atoms with Crippen molar-refractivity contribution in [3.8, 4) is 0 Å². The van der Waals surface area contributed by atoms with Gasteiger partial charge in [0.1, 0.15) is 0 Å². The Morgan fingerprint density at radius 3 is 1.24 bits per heavy atom. The monoisotopic (exact) mass is 1080 g/mol. The molecule has 6 rings (SSSR count). The lowest BCUT2D eigenvalue weighted by Gasteiger charge is -2.35. The minimum atomic E-state index is -4.51. The highest BCUT2D eigenvalue weighted by molar-refractivity contribution is 6.36. The third-order valence-corrected chi connectivity index (χ3v) is 11.1. The summed E-state index contributed by atoms with van der Waals surface area (Å²) in [5.74, 6) is -2.82. The fraction of sp³-hybridized carbons (Fsp3) is 0.250. The first-order chi connectivity index (χ1) is 35.3. The highest BCUT2D eigenvalue weighted by Crippen LogP contribution is 2.30. The van der Waals surface area contributed by atoms with Gasteiger partial charge in [0.05, 0.1) is 37.7 Å². The third-order valence-electron chi connectivity index (χ3n) is 10.5. The molecule has 0 aliphatic rings. The number of nitrogens with one attached hydrogen (secondary N) is 3. The van der Waals surface area contributed by atoms with Crippen LogP contribution in [0.3, 0.4) is 0 Å². The summed E-state index contributed by atoms with van der Waals surface area (Å²) >= 11 is 11.8. The van der Waals surface area contributed by atoms with Crippen LogP contribution in [0.15, 0.2) is 152 Å². The van der Waals surface area contributed by atoms with Gasteiger partial charge in [-0.15, -0.1) is 0 Å². The Morgan fingerprint density at radius 1 is 0.474 bits per heavy atom. The first-order valence-electron chi connectivity index (χ1n) is 23.3. The van der Waals surface area contributed by atoms with Crippen LogP contribution in [0.4, 0.5) is 18.9 Å². The number of benzene rings is 6. The molecule has 400 valence electrons. The molecule has 6 aromatic rings. The van der Waals surface area contributed by atoms with E-state index in [1.165, 1.54) is 52.5 Å². The number of rotatable bonds is 7. The van der Waals surface area contributed by atoms with Gasteiger partial charge in [-0.3, -0.25) is 55.2 Å². The maximum atomic E-state index is 12.8. The Labute approximate surface area is 449 Å². The number of nitro groups is 1. The van der Waals surface area contributed by atoms with Crippen LogP contribution in [0, 0.1) is 17.0 Å². The van der Waals surface area contributed by atoms with Gasteiger partial charge in [0.25, 0.3) is 41.1 Å². The largest absolute Gasteiger partial charge is 0.416 e. The van der Waals surface area contributed by atoms with Crippen LogP contribution >= 0.6 is 23.2 Å². The fourth-order valence-electron chi connectivity index (χ4n) is 6.63. The van der Waals surface area contributed by atoms with Gasteiger partial charge in [-0.25, -0.2) is 15.0 Å². The van der Waals surface area contributed by atoms with Crippen LogP contribution in [-0.4, -0.2) is 72.0 Å². The number of carbonyl (C=O) groups is 6. The number of hydrazine groups is 3. The minimum Gasteiger partial charge on any atom is -0.267 e. The number of hydrogen-bond acceptors (Lipinski definition) is 8. The first-order valence-corrected chi connectivity index (χ1v) is 24.1. The number of amides is 6. The predicted molar refractivity (Wildman–Crippen MR) is 285 cm³/mol. The number of non-ortho nitro benzene ring substituents is 1. The molecule has 0 atom stereocenters. The van der Waals surface area contributed by atoms with E-state index in [0.717, 1.165) is 34.8 Å². The lowest BCUT2D eigenvalue weighted by Crippen LogP contribution is -2.55. The number of halogens is 5. The smallest absolute Gasteiger partial charge is 0.267 e. The molecule has 6 aromatic carbocycles. The van der Waals surface area contributed by atoms with Crippen molar-refractivity contribution in [2.45, 2.75) is 92.0 Å². The zero-order chi connectivity index (χ0) is 56.9. The molecule has 0 radical (unpaired) electrons. The molecule has 76 heavy (non-hydrogen) atoms. The van der Waals surface area contributed by atoms with Crippen molar-refractivity contribution in [3.63, 3.8) is 0 Å². The second kappa shape index (κ2) is 25.4. The summed E-state index contributed by atoms with van der Waals surface area (Å²) in [7, 11) is 0. The predicted octanol–water partition coefficient (Wildman–Crippen LogP) is 12.4. The summed E-state index contributed by atoms with van der Waals surface area (Å²) in [6.07, 6.45) is -4.51. The summed E-state index contributed by atoms with van der Waals surface area (Å²) < 4.78 is 38.2. The van der Waals surface area contributed by atoms with Crippen molar-refractivity contribution < 1.29 is 46.9 Å². The number of nitro benzene ring substituents is 1. The highest BCUT2D eigenvalue weighted by Gasteiger charge is 2.34. The minimum absolute atomic E-state index is 0.00886. The van der Waals surface area contributed by atoms with Crippen molar-refractivity contribution >= 4 is 64.3 Å². The summed E-state index contributed by atoms with van der Waals surface area (Å²) in [6, 6.07) is 38.1. The summed E-state index contributed by atoms with van der Waals surface area (Å²) in [4.78, 5) is 86.1. The van der Waals surface area contributed by atoms with Gasteiger partial charge in [0, 0.05) is 45.0 Å². The Kier molecular flexibility index (Phi) is 20.2. The normalized spacial score (nSPS) is 11.2. The van der Waals surface area contributed by atoms with Crippen LogP contribution in [0.2, 0.25) is 10.0 Å². The average Bonchev–Trinajstić information content (AvgIpc) is 3.35. The standard InChI is InChI=1S/C19H17Cl2F3N2O2.C19H22N2O2.C18H19N3O4/c1-18(2,3)26(25-16(27)14-9-8-13(20)10-15(14)21)17(28)11-4-6-12(7-5-11)19(22,23)24;1-14-9-8-12-16(13-14)17(22)20-21(19(2,3)4)18(23)15-10-6-5-7-11-15;1-18(2,3)20(17(23)13-8-5-4-6-9-13)19-16(22)14-10-7-11-15(12-14)21(24)25/h4-10H,1-3H3,(H,25,27);5-13H,1-4H3,(H,20,22);4-12H,1-3H3,(H,19,22). The van der Waals surface area contributed by atoms with Gasteiger partial charge in [-0.1, -0.05) is 83.4 Å². The molecule has 0 bridgehead atoms. The average molecular weight is 1090 g/mol. The zero-order valence-corrected chi connectivity index (χ0v) is 44.9. The maximum Gasteiger partial charge on any atom is 0.416 e. The van der Waals surface area contributed by atoms with Crippen LogP contribution in [0.25, 0.3) is 0 Å². The van der Waals surface area contributed by atoms with Crippen LogP contribution in [0.5, 0.6) is 0 Å². The quantitative estimate of drug-likeness (QED) is 0.104. The summed E-state index contributed by atoms with van der Waals surface area (Å²) in [5.41, 5.74) is 7.28. The number of hydrogen-bond donors (Lipinski definition) is 3. The van der Waals surface area contributed by atoms with Crippen LogP contribution < -0.4 is 16.3 Å². The van der Waals surface area contributed by atoms with Gasteiger partial charge < -0.3 is 0 Å². The number of nitrogens with zero attached hydrogens (tertiary/aromatic N) is 4. The van der Waals surface area contributed by atoms with E-state index in [0.29, 0.717) is 21.7 Å². The molecule has 0 aliphatic carbocycles. The van der Waals surface area contributed by atoms with E-state index in [1.54, 1.807) is 108 Å². The topological polar surface area (TPSA) is 191 Å². The lowest BCUT2D eigenvalue weighted by atomic mass is 10.1. The lowest BCUT2D eigenvalue weighted by molar-refractivity contribution is -0.384. The Morgan fingerprint density at radius 2 is 0.855 bits per heavy atom. The highest BCUT2D eigenvalue weighted by atomic mass is 35.5. The van der Waals surface area contributed by atoms with Gasteiger partial charge in [0.15, 0.2) is 0 Å². The van der Waals surface area contributed by atoms with Gasteiger partial charge in [0.2, 0.25) is 0 Å². The first kappa shape index (κ1) is 60.5. The van der Waals surface area contributed by atoms with Crippen molar-refractivity contribution in [1.29, 1.82) is 0 Å². The molecule has 20 heteroatoms. The molecule has 0 aromatic heterocycles. The van der Waals surface area contributed by atoms with E-state index in [1.807, 2.05) is 45.9 Å². The third kappa shape index (κ3) is 17.2. The van der Waals surface area contributed by atoms with E-state index in [4.69, 9.17) is 23.2 Å². The second-order valence-corrected chi connectivity index (χ2v) is 20.7. The van der Waals surface area contributed by atoms with E-state index < -0.39 is 51.0 Å². The molecular formula is C56H58Cl2F3N7O8. The zero-order valence-electron chi connectivity index (χ0n) is 43.4. The SMILES string of the molecule is CC(C)(C)N(NC(=O)c1ccc(Cl)cc1Cl)C(=O)c1ccc(C(F)(F)F)cc1.CC(C)(C)N(NC(=O)c1cccc([N+](=O)[O-])c1)C(=O)c1ccccc1.Cc1cccc(C(=O)NN(C(=O)c2ccccc2)C(C)(C)C)c1. The fourth-order valence-corrected chi connectivity index (χ4v) is 7.13. The van der Waals surface area contributed by atoms with E-state index in [9.17, 15) is 52.1 Å². The number of alkyl halides is 3. The molecule has 0 spiro atoms. The molecule has 15 nitrogen and oxygen atoms in total. The molecule has 0 unspecified atom stereocenters. The summed E-state index contributed by atoms with van der Waals surface area (Å²) in [5, 5.41) is 15.0. The molecule has 6 amide bonds. The molecule has 3 N–H and O–H groups in total. The van der Waals surface area contributed by atoms with Crippen LogP contribution in [0.1, 0.15) is 136 Å². The molecule has 0 fully saturated rings. The van der Waals surface area contributed by atoms with Crippen molar-refractivity contribution in [3.05, 3.63) is 216 Å². The molecule has 0 saturated heterocycles. The van der Waals surface area contributed by atoms with Crippen LogP contribution in [-0.2, 0) is 6.18 Å². The number of carbonyl (C=O) groups excluding carboxylic acids is 6. The van der Waals surface area contributed by atoms with Gasteiger partial charge >= 0.3 is 6.18 Å². The summed E-state index contributed by atoms with van der Waals surface area (Å²) in [6.45, 7) is 17.9. The second-order valence-electron chi connectivity index (χ2n) is 19.9. The molecule has 0 aliphatic heterocycles. The maximum absolute atomic E-state index is 12.8. The Hall–Kier alpha value is -8.09. The molecule has 0 heterocycles. The Balaban J connectivity index is 0.000000248. The van der Waals surface area contributed by atoms with Crippen molar-refractivity contribution in [2.75, 3.05) is 0 Å². The molecular weight excluding hydrogens is 1030 g/mol.